The van der Waals surface area contributed by atoms with Gasteiger partial charge in [0.2, 0.25) is 0 Å². The summed E-state index contributed by atoms with van der Waals surface area (Å²) < 4.78 is 1.39. The van der Waals surface area contributed by atoms with Gasteiger partial charge in [0.25, 0.3) is 5.56 Å². The lowest BCUT2D eigenvalue weighted by Crippen LogP contribution is -2.24. The summed E-state index contributed by atoms with van der Waals surface area (Å²) in [5.74, 6) is 0. The van der Waals surface area contributed by atoms with E-state index in [0.29, 0.717) is 17.9 Å². The average molecular weight is 293 g/mol. The molecule has 0 aliphatic carbocycles. The molecule has 0 aliphatic rings. The van der Waals surface area contributed by atoms with Gasteiger partial charge in [0.15, 0.2) is 0 Å². The van der Waals surface area contributed by atoms with E-state index in [2.05, 4.69) is 17.3 Å². The number of benzene rings is 1. The Morgan fingerprint density at radius 2 is 2.05 bits per heavy atom. The molecular formula is C14H17ClN4O. The first-order valence-electron chi connectivity index (χ1n) is 6.50. The Morgan fingerprint density at radius 3 is 2.70 bits per heavy atom. The van der Waals surface area contributed by atoms with Crippen LogP contribution in [0.4, 0.5) is 17.1 Å². The molecule has 3 N–H and O–H groups in total. The highest BCUT2D eigenvalue weighted by atomic mass is 35.5. The molecule has 1 heterocycles. The van der Waals surface area contributed by atoms with Gasteiger partial charge >= 0.3 is 0 Å². The maximum absolute atomic E-state index is 12.0. The Kier molecular flexibility index (Phi) is 4.63. The van der Waals surface area contributed by atoms with Gasteiger partial charge < -0.3 is 11.1 Å². The molecule has 2 rings (SSSR count). The fraction of sp³-hybridized carbons (Fsp3) is 0.286. The maximum Gasteiger partial charge on any atom is 0.287 e. The molecular weight excluding hydrogens is 276 g/mol. The second-order valence-corrected chi connectivity index (χ2v) is 4.88. The van der Waals surface area contributed by atoms with E-state index < -0.39 is 0 Å². The van der Waals surface area contributed by atoms with Crippen LogP contribution in [-0.2, 0) is 6.54 Å². The molecule has 0 bridgehead atoms. The van der Waals surface area contributed by atoms with E-state index in [9.17, 15) is 4.79 Å². The summed E-state index contributed by atoms with van der Waals surface area (Å²) in [5, 5.41) is 7.33. The number of nitrogen functional groups attached to an aromatic ring is 1. The second kappa shape index (κ2) is 6.43. The zero-order valence-electron chi connectivity index (χ0n) is 11.3. The molecule has 2 aromatic rings. The van der Waals surface area contributed by atoms with Crippen molar-refractivity contribution in [3.05, 3.63) is 45.8 Å². The lowest BCUT2D eigenvalue weighted by atomic mass is 10.3. The summed E-state index contributed by atoms with van der Waals surface area (Å²) in [6, 6.07) is 7.17. The number of nitrogens with two attached hydrogens (primary N) is 1. The molecule has 0 unspecified atom stereocenters. The van der Waals surface area contributed by atoms with Crippen molar-refractivity contribution in [1.82, 2.24) is 9.78 Å². The normalized spacial score (nSPS) is 10.5. The Hall–Kier alpha value is -2.01. The van der Waals surface area contributed by atoms with Crippen LogP contribution in [0, 0.1) is 0 Å². The number of nitrogens with zero attached hydrogens (tertiary/aromatic N) is 2. The number of anilines is 3. The first-order chi connectivity index (χ1) is 9.61. The van der Waals surface area contributed by atoms with E-state index >= 15 is 0 Å². The van der Waals surface area contributed by atoms with Gasteiger partial charge in [-0.25, -0.2) is 4.68 Å². The van der Waals surface area contributed by atoms with Crippen molar-refractivity contribution < 1.29 is 0 Å². The Morgan fingerprint density at radius 1 is 1.35 bits per heavy atom. The molecule has 20 heavy (non-hydrogen) atoms. The van der Waals surface area contributed by atoms with Gasteiger partial charge in [-0.3, -0.25) is 4.79 Å². The lowest BCUT2D eigenvalue weighted by Gasteiger charge is -2.10. The van der Waals surface area contributed by atoms with E-state index in [-0.39, 0.29) is 10.6 Å². The predicted molar refractivity (Wildman–Crippen MR) is 82.6 cm³/mol. The van der Waals surface area contributed by atoms with Crippen molar-refractivity contribution in [1.29, 1.82) is 0 Å². The van der Waals surface area contributed by atoms with Crippen LogP contribution in [0.2, 0.25) is 5.02 Å². The van der Waals surface area contributed by atoms with Gasteiger partial charge in [0.1, 0.15) is 5.02 Å². The molecule has 1 aromatic carbocycles. The van der Waals surface area contributed by atoms with Crippen molar-refractivity contribution in [2.75, 3.05) is 11.1 Å². The molecule has 0 aliphatic heterocycles. The lowest BCUT2D eigenvalue weighted by molar-refractivity contribution is 0.543. The summed E-state index contributed by atoms with van der Waals surface area (Å²) in [5.41, 5.74) is 7.31. The number of hydrogen-bond donors (Lipinski definition) is 2. The topological polar surface area (TPSA) is 72.9 Å². The standard InChI is InChI=1S/C14H17ClN4O/c1-2-3-8-19-14(20)13(15)12(9-17-19)18-11-6-4-10(16)5-7-11/h4-7,9,18H,2-3,8,16H2,1H3. The smallest absolute Gasteiger partial charge is 0.287 e. The number of halogens is 1. The molecule has 0 saturated carbocycles. The van der Waals surface area contributed by atoms with Crippen LogP contribution in [0.5, 0.6) is 0 Å². The van der Waals surface area contributed by atoms with Crippen LogP contribution in [0.25, 0.3) is 0 Å². The highest BCUT2D eigenvalue weighted by Crippen LogP contribution is 2.21. The summed E-state index contributed by atoms with van der Waals surface area (Å²) >= 11 is 6.10. The minimum Gasteiger partial charge on any atom is -0.399 e. The molecule has 1 aromatic heterocycles. The number of aromatic nitrogens is 2. The molecule has 0 spiro atoms. The molecule has 6 heteroatoms. The molecule has 0 atom stereocenters. The van der Waals surface area contributed by atoms with E-state index in [4.69, 9.17) is 17.3 Å². The number of unbranched alkanes of at least 4 members (excludes halogenated alkanes) is 1. The van der Waals surface area contributed by atoms with E-state index in [1.54, 1.807) is 18.3 Å². The predicted octanol–water partition coefficient (Wildman–Crippen LogP) is 3.02. The molecule has 0 amide bonds. The van der Waals surface area contributed by atoms with Crippen molar-refractivity contribution >= 4 is 28.7 Å². The minimum atomic E-state index is -0.277. The molecule has 5 nitrogen and oxygen atoms in total. The number of aryl methyl sites for hydroxylation is 1. The quantitative estimate of drug-likeness (QED) is 0.831. The van der Waals surface area contributed by atoms with Crippen LogP contribution in [0.3, 0.4) is 0 Å². The second-order valence-electron chi connectivity index (χ2n) is 4.50. The molecule has 106 valence electrons. The molecule has 0 saturated heterocycles. The van der Waals surface area contributed by atoms with E-state index in [1.165, 1.54) is 4.68 Å². The van der Waals surface area contributed by atoms with Gasteiger partial charge in [-0.1, -0.05) is 24.9 Å². The maximum atomic E-state index is 12.0. The van der Waals surface area contributed by atoms with E-state index in [1.807, 2.05) is 12.1 Å². The third-order valence-electron chi connectivity index (χ3n) is 2.90. The van der Waals surface area contributed by atoms with Gasteiger partial charge in [-0.2, -0.15) is 5.10 Å². The van der Waals surface area contributed by atoms with Crippen LogP contribution < -0.4 is 16.6 Å². The van der Waals surface area contributed by atoms with Gasteiger partial charge in [-0.15, -0.1) is 0 Å². The van der Waals surface area contributed by atoms with Gasteiger partial charge in [0.05, 0.1) is 11.9 Å². The fourth-order valence-electron chi connectivity index (χ4n) is 1.74. The minimum absolute atomic E-state index is 0.146. The van der Waals surface area contributed by atoms with Crippen LogP contribution >= 0.6 is 11.6 Å². The van der Waals surface area contributed by atoms with Crippen molar-refractivity contribution in [3.63, 3.8) is 0 Å². The Balaban J connectivity index is 2.23. The summed E-state index contributed by atoms with van der Waals surface area (Å²) in [6.07, 6.45) is 3.46. The van der Waals surface area contributed by atoms with Gasteiger partial charge in [0, 0.05) is 17.9 Å². The molecule has 0 radical (unpaired) electrons. The van der Waals surface area contributed by atoms with Crippen molar-refractivity contribution in [3.8, 4) is 0 Å². The monoisotopic (exact) mass is 292 g/mol. The highest BCUT2D eigenvalue weighted by Gasteiger charge is 2.09. The van der Waals surface area contributed by atoms with Crippen LogP contribution in [0.1, 0.15) is 19.8 Å². The zero-order chi connectivity index (χ0) is 14.5. The number of hydrogen-bond acceptors (Lipinski definition) is 4. The zero-order valence-corrected chi connectivity index (χ0v) is 12.0. The summed E-state index contributed by atoms with van der Waals surface area (Å²) in [6.45, 7) is 2.64. The van der Waals surface area contributed by atoms with Crippen molar-refractivity contribution in [2.45, 2.75) is 26.3 Å². The first-order valence-corrected chi connectivity index (χ1v) is 6.87. The van der Waals surface area contributed by atoms with Gasteiger partial charge in [-0.05, 0) is 30.7 Å². The SMILES string of the molecule is CCCCn1ncc(Nc2ccc(N)cc2)c(Cl)c1=O. The summed E-state index contributed by atoms with van der Waals surface area (Å²) in [4.78, 5) is 12.0. The highest BCUT2D eigenvalue weighted by molar-refractivity contribution is 6.33. The Bertz CT molecular complexity index is 637. The average Bonchev–Trinajstić information content (AvgIpc) is 2.45. The van der Waals surface area contributed by atoms with Crippen LogP contribution in [0.15, 0.2) is 35.3 Å². The fourth-order valence-corrected chi connectivity index (χ4v) is 1.93. The number of rotatable bonds is 5. The Labute approximate surface area is 122 Å². The third kappa shape index (κ3) is 3.30. The largest absolute Gasteiger partial charge is 0.399 e. The van der Waals surface area contributed by atoms with E-state index in [0.717, 1.165) is 18.5 Å². The van der Waals surface area contributed by atoms with Crippen LogP contribution in [-0.4, -0.2) is 9.78 Å². The first kappa shape index (κ1) is 14.4. The summed E-state index contributed by atoms with van der Waals surface area (Å²) in [7, 11) is 0. The number of nitrogens with one attached hydrogen (secondary N) is 1. The molecule has 0 fully saturated rings. The van der Waals surface area contributed by atoms with Crippen molar-refractivity contribution in [2.24, 2.45) is 0 Å². The third-order valence-corrected chi connectivity index (χ3v) is 3.26.